The number of esters is 1. The summed E-state index contributed by atoms with van der Waals surface area (Å²) in [6, 6.07) is 4.87. The van der Waals surface area contributed by atoms with E-state index in [1.165, 1.54) is 6.20 Å². The highest BCUT2D eigenvalue weighted by molar-refractivity contribution is 5.93. The molecule has 3 atom stereocenters. The first-order valence-corrected chi connectivity index (χ1v) is 15.5. The van der Waals surface area contributed by atoms with Gasteiger partial charge in [0.25, 0.3) is 0 Å². The van der Waals surface area contributed by atoms with Crippen molar-refractivity contribution in [3.05, 3.63) is 54.1 Å². The van der Waals surface area contributed by atoms with Gasteiger partial charge in [-0.2, -0.15) is 0 Å². The third-order valence-electron chi connectivity index (χ3n) is 6.39. The number of ether oxygens (including phenoxy) is 3. The van der Waals surface area contributed by atoms with Crippen LogP contribution in [0.3, 0.4) is 0 Å². The lowest BCUT2D eigenvalue weighted by atomic mass is 10.0. The highest BCUT2D eigenvalue weighted by Crippen LogP contribution is 2.13. The summed E-state index contributed by atoms with van der Waals surface area (Å²) in [6.07, 6.45) is 0.0270. The van der Waals surface area contributed by atoms with Gasteiger partial charge in [-0.3, -0.25) is 14.4 Å². The number of hydrogen-bond donors (Lipinski definition) is 4. The van der Waals surface area contributed by atoms with Gasteiger partial charge < -0.3 is 35.3 Å². The average Bonchev–Trinajstić information content (AvgIpc) is 3.44. The third-order valence-corrected chi connectivity index (χ3v) is 6.39. The van der Waals surface area contributed by atoms with Crippen LogP contribution >= 0.6 is 0 Å². The first-order valence-electron chi connectivity index (χ1n) is 15.5. The lowest BCUT2D eigenvalue weighted by Crippen LogP contribution is -2.57. The lowest BCUT2D eigenvalue weighted by Gasteiger charge is -2.26. The van der Waals surface area contributed by atoms with Gasteiger partial charge in [0.05, 0.1) is 5.69 Å². The number of nitrogens with zero attached hydrogens (tertiary/aromatic N) is 2. The van der Waals surface area contributed by atoms with Crippen molar-refractivity contribution in [2.24, 2.45) is 5.92 Å². The highest BCUT2D eigenvalue weighted by atomic mass is 16.6. The molecule has 0 saturated heterocycles. The number of carboxylic acid groups (broad SMARTS) is 1. The van der Waals surface area contributed by atoms with Gasteiger partial charge >= 0.3 is 24.1 Å². The zero-order valence-corrected chi connectivity index (χ0v) is 28.7. The summed E-state index contributed by atoms with van der Waals surface area (Å²) < 4.78 is 16.9. The number of alkyl carbamates (subject to hydrolysis) is 1. The zero-order valence-electron chi connectivity index (χ0n) is 28.7. The van der Waals surface area contributed by atoms with Crippen molar-refractivity contribution in [2.75, 3.05) is 0 Å². The molecule has 0 aliphatic heterocycles. The molecule has 4 N–H and O–H groups in total. The molecule has 1 heterocycles. The first-order chi connectivity index (χ1) is 22.2. The fraction of sp³-hybridized carbons (Fsp3) is 0.545. The number of carbonyl (C=O) groups excluding carboxylic acids is 5. The van der Waals surface area contributed by atoms with Crippen LogP contribution in [-0.2, 0) is 46.4 Å². The van der Waals surface area contributed by atoms with Gasteiger partial charge in [0.2, 0.25) is 11.8 Å². The molecule has 264 valence electrons. The molecule has 0 fully saturated rings. The molecule has 15 heteroatoms. The minimum Gasteiger partial charge on any atom is -0.480 e. The van der Waals surface area contributed by atoms with E-state index in [1.54, 1.807) is 79.7 Å². The van der Waals surface area contributed by atoms with E-state index in [4.69, 9.17) is 14.2 Å². The summed E-state index contributed by atoms with van der Waals surface area (Å²) >= 11 is 0. The van der Waals surface area contributed by atoms with E-state index in [0.717, 1.165) is 16.5 Å². The zero-order chi connectivity index (χ0) is 36.2. The number of hydrogen-bond acceptors (Lipinski definition) is 10. The Kier molecular flexibility index (Phi) is 14.1. The van der Waals surface area contributed by atoms with E-state index in [2.05, 4.69) is 20.9 Å². The van der Waals surface area contributed by atoms with E-state index >= 15 is 0 Å². The lowest BCUT2D eigenvalue weighted by molar-refractivity contribution is -0.155. The Balaban J connectivity index is 2.19. The first kappa shape index (κ1) is 39.2. The van der Waals surface area contributed by atoms with Gasteiger partial charge in [-0.15, -0.1) is 0 Å². The Morgan fingerprint density at radius 1 is 0.854 bits per heavy atom. The molecular formula is C33H47N5O10. The molecular weight excluding hydrogens is 626 g/mol. The van der Waals surface area contributed by atoms with E-state index < -0.39 is 71.2 Å². The summed E-state index contributed by atoms with van der Waals surface area (Å²) in [4.78, 5) is 80.5. The molecule has 0 saturated carbocycles. The smallest absolute Gasteiger partial charge is 0.419 e. The second kappa shape index (κ2) is 17.3. The number of rotatable bonds is 14. The predicted octanol–water partition coefficient (Wildman–Crippen LogP) is 3.34. The van der Waals surface area contributed by atoms with Crippen LogP contribution in [0, 0.1) is 5.92 Å². The fourth-order valence-electron chi connectivity index (χ4n) is 4.18. The largest absolute Gasteiger partial charge is 0.480 e. The Labute approximate surface area is 280 Å². The molecule has 0 bridgehead atoms. The molecule has 0 aliphatic carbocycles. The predicted molar refractivity (Wildman–Crippen MR) is 173 cm³/mol. The van der Waals surface area contributed by atoms with Gasteiger partial charge in [-0.05, 0) is 59.4 Å². The number of benzene rings is 1. The van der Waals surface area contributed by atoms with E-state index in [9.17, 15) is 33.9 Å². The normalized spacial score (nSPS) is 13.4. The average molecular weight is 674 g/mol. The Bertz CT molecular complexity index is 1430. The molecule has 2 rings (SSSR count). The molecule has 1 aromatic carbocycles. The van der Waals surface area contributed by atoms with E-state index in [1.807, 2.05) is 6.07 Å². The van der Waals surface area contributed by atoms with Crippen LogP contribution in [0.1, 0.15) is 79.5 Å². The van der Waals surface area contributed by atoms with Crippen molar-refractivity contribution in [3.63, 3.8) is 0 Å². The van der Waals surface area contributed by atoms with Crippen LogP contribution in [0.25, 0.3) is 0 Å². The molecule has 0 aliphatic rings. The number of carboxylic acids is 1. The Hall–Kier alpha value is -4.95. The number of carbonyl (C=O) groups is 6. The Morgan fingerprint density at radius 2 is 1.46 bits per heavy atom. The standard InChI is InChI=1S/C33H47N5O10/c1-20(2)26(37-30(44)46-18-21-12-10-9-11-13-21)28(41)35-23(14-15-25(39)47-32(3,4)5)27(40)36-24(29(42)43)16-22-17-38(19-34-22)31(45)48-33(6,7)8/h9-13,17,19-20,23-24,26H,14-16,18H2,1-8H3,(H,35,41)(H,36,40)(H,37,44)(H,42,43)/t23-,24-,26-/m0/s1. The van der Waals surface area contributed by atoms with Crippen LogP contribution < -0.4 is 16.0 Å². The van der Waals surface area contributed by atoms with Crippen LogP contribution in [0.4, 0.5) is 9.59 Å². The molecule has 2 aromatic rings. The van der Waals surface area contributed by atoms with Crippen LogP contribution in [0.15, 0.2) is 42.9 Å². The van der Waals surface area contributed by atoms with Gasteiger partial charge in [-0.25, -0.2) is 23.9 Å². The van der Waals surface area contributed by atoms with Crippen LogP contribution in [-0.4, -0.2) is 79.9 Å². The van der Waals surface area contributed by atoms with Gasteiger partial charge in [0.15, 0.2) is 0 Å². The van der Waals surface area contributed by atoms with Gasteiger partial charge in [0, 0.05) is 19.0 Å². The maximum absolute atomic E-state index is 13.5. The molecule has 3 amide bonds. The van der Waals surface area contributed by atoms with Crippen molar-refractivity contribution in [3.8, 4) is 0 Å². The van der Waals surface area contributed by atoms with Crippen molar-refractivity contribution in [2.45, 2.75) is 111 Å². The summed E-state index contributed by atoms with van der Waals surface area (Å²) in [6.45, 7) is 13.4. The maximum Gasteiger partial charge on any atom is 0.419 e. The summed E-state index contributed by atoms with van der Waals surface area (Å²) in [7, 11) is 0. The van der Waals surface area contributed by atoms with Crippen molar-refractivity contribution in [1.82, 2.24) is 25.5 Å². The summed E-state index contributed by atoms with van der Waals surface area (Å²) in [5, 5.41) is 17.3. The van der Waals surface area contributed by atoms with Gasteiger partial charge in [-0.1, -0.05) is 44.2 Å². The monoisotopic (exact) mass is 673 g/mol. The molecule has 1 aromatic heterocycles. The maximum atomic E-state index is 13.5. The summed E-state index contributed by atoms with van der Waals surface area (Å²) in [5.74, 6) is -4.15. The number of nitrogens with one attached hydrogen (secondary N) is 3. The van der Waals surface area contributed by atoms with Crippen LogP contribution in [0.2, 0.25) is 0 Å². The molecule has 0 unspecified atom stereocenters. The SMILES string of the molecule is CC(C)[C@H](NC(=O)OCc1ccccc1)C(=O)N[C@@H](CCC(=O)OC(C)(C)C)C(=O)N[C@@H](Cc1cn(C(=O)OC(C)(C)C)cn1)C(=O)O. The minimum absolute atomic E-state index is 0.0351. The number of aliphatic carboxylic acids is 1. The highest BCUT2D eigenvalue weighted by Gasteiger charge is 2.32. The second-order valence-electron chi connectivity index (χ2n) is 13.5. The van der Waals surface area contributed by atoms with Crippen LogP contribution in [0.5, 0.6) is 0 Å². The quantitative estimate of drug-likeness (QED) is 0.169. The molecule has 0 radical (unpaired) electrons. The fourth-order valence-corrected chi connectivity index (χ4v) is 4.18. The molecule has 0 spiro atoms. The molecule has 48 heavy (non-hydrogen) atoms. The van der Waals surface area contributed by atoms with Crippen molar-refractivity contribution < 1.29 is 48.1 Å². The van der Waals surface area contributed by atoms with Crippen molar-refractivity contribution >= 4 is 35.9 Å². The van der Waals surface area contributed by atoms with Gasteiger partial charge in [0.1, 0.15) is 42.3 Å². The topological polar surface area (TPSA) is 204 Å². The second-order valence-corrected chi connectivity index (χ2v) is 13.5. The minimum atomic E-state index is -1.52. The summed E-state index contributed by atoms with van der Waals surface area (Å²) in [5.41, 5.74) is -0.672. The Morgan fingerprint density at radius 3 is 2.02 bits per heavy atom. The van der Waals surface area contributed by atoms with Crippen molar-refractivity contribution in [1.29, 1.82) is 0 Å². The number of amides is 3. The molecule has 15 nitrogen and oxygen atoms in total. The van der Waals surface area contributed by atoms with E-state index in [-0.39, 0.29) is 31.6 Å². The van der Waals surface area contributed by atoms with E-state index in [0.29, 0.717) is 0 Å². The number of imidazole rings is 1. The number of aromatic nitrogens is 2. The third kappa shape index (κ3) is 14.2.